The van der Waals surface area contributed by atoms with E-state index in [1.54, 1.807) is 26.0 Å². The van der Waals surface area contributed by atoms with Gasteiger partial charge in [0.25, 0.3) is 5.24 Å². The summed E-state index contributed by atoms with van der Waals surface area (Å²) in [7, 11) is 0. The second-order valence-electron chi connectivity index (χ2n) is 3.05. The average molecular weight is 268 g/mol. The van der Waals surface area contributed by atoms with Gasteiger partial charge in [0.2, 0.25) is 0 Å². The first-order valence-electron chi connectivity index (χ1n) is 4.24. The van der Waals surface area contributed by atoms with Crippen molar-refractivity contribution in [3.63, 3.8) is 0 Å². The highest BCUT2D eigenvalue weighted by Gasteiger charge is 2.15. The Kier molecular flexibility index (Phi) is 4.26. The third-order valence-corrected chi connectivity index (χ3v) is 3.09. The molecule has 0 amide bonds. The molecule has 0 spiro atoms. The molecule has 0 radical (unpaired) electrons. The number of benzene rings is 1. The minimum absolute atomic E-state index is 0.396. The summed E-state index contributed by atoms with van der Waals surface area (Å²) in [6, 6.07) is 3.26. The zero-order chi connectivity index (χ0) is 11.6. The predicted octanol–water partition coefficient (Wildman–Crippen LogP) is 3.83. The van der Waals surface area contributed by atoms with Crippen LogP contribution >= 0.6 is 34.8 Å². The number of ether oxygens (including phenoxy) is 1. The zero-order valence-corrected chi connectivity index (χ0v) is 10.5. The highest BCUT2D eigenvalue weighted by Crippen LogP contribution is 2.33. The van der Waals surface area contributed by atoms with Gasteiger partial charge in [0, 0.05) is 5.02 Å². The number of carbonyl (C=O) groups is 1. The van der Waals surface area contributed by atoms with Crippen LogP contribution in [0.3, 0.4) is 0 Å². The van der Waals surface area contributed by atoms with Gasteiger partial charge in [0.1, 0.15) is 5.75 Å². The molecule has 0 bridgehead atoms. The van der Waals surface area contributed by atoms with Crippen molar-refractivity contribution in [2.75, 3.05) is 0 Å². The number of halogens is 3. The van der Waals surface area contributed by atoms with Crippen molar-refractivity contribution in [1.29, 1.82) is 0 Å². The van der Waals surface area contributed by atoms with Crippen molar-refractivity contribution in [1.82, 2.24) is 0 Å². The van der Waals surface area contributed by atoms with Crippen LogP contribution in [0.4, 0.5) is 0 Å². The molecule has 0 heterocycles. The Morgan fingerprint density at radius 2 is 2.00 bits per heavy atom. The molecule has 2 nitrogen and oxygen atoms in total. The molecule has 0 aliphatic rings. The van der Waals surface area contributed by atoms with E-state index < -0.39 is 11.3 Å². The van der Waals surface area contributed by atoms with Gasteiger partial charge in [-0.1, -0.05) is 23.2 Å². The first-order valence-corrected chi connectivity index (χ1v) is 5.37. The van der Waals surface area contributed by atoms with Gasteiger partial charge in [-0.15, -0.1) is 0 Å². The topological polar surface area (TPSA) is 26.3 Å². The zero-order valence-electron chi connectivity index (χ0n) is 8.18. The summed E-state index contributed by atoms with van der Waals surface area (Å²) in [4.78, 5) is 10.8. The van der Waals surface area contributed by atoms with Gasteiger partial charge in [-0.3, -0.25) is 4.79 Å². The van der Waals surface area contributed by atoms with Crippen LogP contribution in [-0.2, 0) is 4.79 Å². The molecular weight excluding hydrogens is 258 g/mol. The van der Waals surface area contributed by atoms with Crippen molar-refractivity contribution in [3.8, 4) is 5.75 Å². The summed E-state index contributed by atoms with van der Waals surface area (Å²) in [5.74, 6) is 0.403. The molecule has 82 valence electrons. The van der Waals surface area contributed by atoms with Crippen LogP contribution in [0.2, 0.25) is 10.0 Å². The van der Waals surface area contributed by atoms with Gasteiger partial charge >= 0.3 is 0 Å². The van der Waals surface area contributed by atoms with Crippen LogP contribution in [-0.4, -0.2) is 11.3 Å². The van der Waals surface area contributed by atoms with E-state index in [1.807, 2.05) is 0 Å². The summed E-state index contributed by atoms with van der Waals surface area (Å²) >= 11 is 17.1. The molecule has 15 heavy (non-hydrogen) atoms. The van der Waals surface area contributed by atoms with E-state index in [0.717, 1.165) is 0 Å². The Labute approximate surface area is 103 Å². The van der Waals surface area contributed by atoms with Crippen molar-refractivity contribution >= 4 is 40.0 Å². The molecule has 1 aromatic rings. The van der Waals surface area contributed by atoms with E-state index in [1.165, 1.54) is 0 Å². The molecule has 1 aromatic carbocycles. The Hall–Kier alpha value is -0.440. The largest absolute Gasteiger partial charge is 0.480 e. The molecular formula is C10H9Cl3O2. The molecule has 1 rings (SSSR count). The van der Waals surface area contributed by atoms with Gasteiger partial charge in [-0.25, -0.2) is 0 Å². The Balaban J connectivity index is 2.97. The predicted molar refractivity (Wildman–Crippen MR) is 62.1 cm³/mol. The summed E-state index contributed by atoms with van der Waals surface area (Å²) < 4.78 is 5.27. The lowest BCUT2D eigenvalue weighted by Gasteiger charge is -2.13. The monoisotopic (exact) mass is 266 g/mol. The number of hydrogen-bond donors (Lipinski definition) is 0. The molecule has 0 aliphatic heterocycles. The van der Waals surface area contributed by atoms with Crippen molar-refractivity contribution in [2.24, 2.45) is 0 Å². The van der Waals surface area contributed by atoms with E-state index in [4.69, 9.17) is 39.5 Å². The van der Waals surface area contributed by atoms with E-state index in [9.17, 15) is 4.79 Å². The fourth-order valence-corrected chi connectivity index (χ4v) is 1.42. The smallest absolute Gasteiger partial charge is 0.262 e. The molecule has 0 fully saturated rings. The Morgan fingerprint density at radius 1 is 1.40 bits per heavy atom. The second kappa shape index (κ2) is 5.06. The van der Waals surface area contributed by atoms with Crippen molar-refractivity contribution in [3.05, 3.63) is 27.7 Å². The maximum absolute atomic E-state index is 10.8. The van der Waals surface area contributed by atoms with Gasteiger partial charge < -0.3 is 4.74 Å². The number of carbonyl (C=O) groups excluding carboxylic acids is 1. The van der Waals surface area contributed by atoms with Crippen LogP contribution in [0.1, 0.15) is 12.5 Å². The first kappa shape index (κ1) is 12.6. The van der Waals surface area contributed by atoms with Crippen LogP contribution < -0.4 is 4.74 Å². The van der Waals surface area contributed by atoms with E-state index in [2.05, 4.69) is 0 Å². The third kappa shape index (κ3) is 3.00. The highest BCUT2D eigenvalue weighted by atomic mass is 35.5. The van der Waals surface area contributed by atoms with Gasteiger partial charge in [0.15, 0.2) is 6.10 Å². The van der Waals surface area contributed by atoms with E-state index >= 15 is 0 Å². The minimum Gasteiger partial charge on any atom is -0.480 e. The highest BCUT2D eigenvalue weighted by molar-refractivity contribution is 6.64. The van der Waals surface area contributed by atoms with Gasteiger partial charge in [-0.05, 0) is 43.1 Å². The van der Waals surface area contributed by atoms with Crippen LogP contribution in [0, 0.1) is 6.92 Å². The molecule has 0 aromatic heterocycles. The lowest BCUT2D eigenvalue weighted by atomic mass is 10.2. The van der Waals surface area contributed by atoms with Gasteiger partial charge in [0.05, 0.1) is 5.02 Å². The standard InChI is InChI=1S/C10H9Cl3O2/c1-5-7(11)3-4-8(9(5)12)15-6(2)10(13)14/h3-4,6H,1-2H3/t6-/m1/s1. The molecule has 0 N–H and O–H groups in total. The van der Waals surface area contributed by atoms with Crippen LogP contribution in [0.25, 0.3) is 0 Å². The lowest BCUT2D eigenvalue weighted by molar-refractivity contribution is -0.117. The quantitative estimate of drug-likeness (QED) is 0.778. The summed E-state index contributed by atoms with van der Waals surface area (Å²) in [6.07, 6.45) is -0.732. The van der Waals surface area contributed by atoms with Crippen molar-refractivity contribution < 1.29 is 9.53 Å². The van der Waals surface area contributed by atoms with E-state index in [-0.39, 0.29) is 0 Å². The summed E-state index contributed by atoms with van der Waals surface area (Å²) in [6.45, 7) is 3.32. The maximum atomic E-state index is 10.8. The minimum atomic E-state index is -0.732. The van der Waals surface area contributed by atoms with Crippen LogP contribution in [0.15, 0.2) is 12.1 Å². The lowest BCUT2D eigenvalue weighted by Crippen LogP contribution is -2.19. The summed E-state index contributed by atoms with van der Waals surface area (Å²) in [5.41, 5.74) is 0.713. The number of hydrogen-bond acceptors (Lipinski definition) is 2. The molecule has 0 unspecified atom stereocenters. The number of rotatable bonds is 3. The maximum Gasteiger partial charge on any atom is 0.262 e. The Morgan fingerprint density at radius 3 is 2.53 bits per heavy atom. The molecule has 0 aliphatic carbocycles. The summed E-state index contributed by atoms with van der Waals surface area (Å²) in [5, 5.41) is 0.378. The second-order valence-corrected chi connectivity index (χ2v) is 4.21. The Bertz CT molecular complexity index is 390. The SMILES string of the molecule is Cc1c(Cl)ccc(O[C@H](C)C(=O)Cl)c1Cl. The first-order chi connectivity index (χ1) is 6.93. The molecule has 0 saturated heterocycles. The van der Waals surface area contributed by atoms with Crippen molar-refractivity contribution in [2.45, 2.75) is 20.0 Å². The average Bonchev–Trinajstić information content (AvgIpc) is 2.18. The molecule has 1 atom stereocenters. The fourth-order valence-electron chi connectivity index (χ4n) is 0.964. The van der Waals surface area contributed by atoms with Crippen LogP contribution in [0.5, 0.6) is 5.75 Å². The normalized spacial score (nSPS) is 12.3. The van der Waals surface area contributed by atoms with E-state index in [0.29, 0.717) is 21.4 Å². The fraction of sp³-hybridized carbons (Fsp3) is 0.300. The third-order valence-electron chi connectivity index (χ3n) is 1.91. The molecule has 5 heteroatoms. The van der Waals surface area contributed by atoms with Gasteiger partial charge in [-0.2, -0.15) is 0 Å². The molecule has 0 saturated carbocycles.